The maximum absolute atomic E-state index is 11.5. The molecule has 0 spiro atoms. The molecule has 0 bridgehead atoms. The van der Waals surface area contributed by atoms with Crippen molar-refractivity contribution in [3.63, 3.8) is 0 Å². The molecule has 0 radical (unpaired) electrons. The Bertz CT molecular complexity index is 338. The molecule has 0 saturated heterocycles. The van der Waals surface area contributed by atoms with Gasteiger partial charge in [-0.05, 0) is 20.3 Å². The maximum Gasteiger partial charge on any atom is 0.234 e. The number of hydrogen-bond donors (Lipinski definition) is 2. The van der Waals surface area contributed by atoms with Crippen molar-refractivity contribution >= 4 is 17.2 Å². The van der Waals surface area contributed by atoms with Crippen molar-refractivity contribution in [1.29, 1.82) is 0 Å². The highest BCUT2D eigenvalue weighted by Crippen LogP contribution is 2.10. The van der Waals surface area contributed by atoms with Crippen LogP contribution in [0.25, 0.3) is 0 Å². The summed E-state index contributed by atoms with van der Waals surface area (Å²) >= 11 is 1.57. The molecule has 0 aliphatic carbocycles. The van der Waals surface area contributed by atoms with Crippen molar-refractivity contribution in [3.8, 4) is 0 Å². The molecule has 4 nitrogen and oxygen atoms in total. The monoisotopic (exact) mass is 241 g/mol. The molecule has 5 heteroatoms. The fraction of sp³-hybridized carbons (Fsp3) is 0.636. The molecular weight excluding hydrogens is 222 g/mol. The van der Waals surface area contributed by atoms with Crippen LogP contribution >= 0.6 is 11.3 Å². The molecule has 1 aromatic rings. The second-order valence-corrected chi connectivity index (χ2v) is 4.77. The Morgan fingerprint density at radius 1 is 1.62 bits per heavy atom. The highest BCUT2D eigenvalue weighted by atomic mass is 32.1. The SMILES string of the molecule is CCC(C)NCC(=O)NCc1scnc1C. The number of nitrogens with zero attached hydrogens (tertiary/aromatic N) is 1. The number of carbonyl (C=O) groups is 1. The van der Waals surface area contributed by atoms with E-state index in [4.69, 9.17) is 0 Å². The van der Waals surface area contributed by atoms with Crippen LogP contribution in [0.2, 0.25) is 0 Å². The summed E-state index contributed by atoms with van der Waals surface area (Å²) in [6.45, 7) is 7.08. The van der Waals surface area contributed by atoms with E-state index >= 15 is 0 Å². The predicted molar refractivity (Wildman–Crippen MR) is 66.5 cm³/mol. The highest BCUT2D eigenvalue weighted by Gasteiger charge is 2.05. The fourth-order valence-corrected chi connectivity index (χ4v) is 1.87. The smallest absolute Gasteiger partial charge is 0.234 e. The molecule has 90 valence electrons. The molecule has 0 aliphatic rings. The third-order valence-electron chi connectivity index (χ3n) is 2.51. The summed E-state index contributed by atoms with van der Waals surface area (Å²) < 4.78 is 0. The van der Waals surface area contributed by atoms with Gasteiger partial charge in [0, 0.05) is 10.9 Å². The molecule has 1 amide bonds. The molecule has 1 atom stereocenters. The molecule has 0 saturated carbocycles. The first-order valence-corrected chi connectivity index (χ1v) is 6.40. The van der Waals surface area contributed by atoms with E-state index in [1.165, 1.54) is 0 Å². The zero-order valence-electron chi connectivity index (χ0n) is 10.0. The largest absolute Gasteiger partial charge is 0.350 e. The van der Waals surface area contributed by atoms with Crippen LogP contribution in [0.4, 0.5) is 0 Å². The molecular formula is C11H19N3OS. The van der Waals surface area contributed by atoms with Crippen molar-refractivity contribution < 1.29 is 4.79 Å². The van der Waals surface area contributed by atoms with Crippen LogP contribution in [0.15, 0.2) is 5.51 Å². The Hall–Kier alpha value is -0.940. The quantitative estimate of drug-likeness (QED) is 0.792. The van der Waals surface area contributed by atoms with E-state index in [1.807, 2.05) is 6.92 Å². The Morgan fingerprint density at radius 2 is 2.38 bits per heavy atom. The average Bonchev–Trinajstić information content (AvgIpc) is 2.69. The Labute approximate surface area is 100 Å². The molecule has 0 aromatic carbocycles. The molecule has 0 aliphatic heterocycles. The molecule has 16 heavy (non-hydrogen) atoms. The third kappa shape index (κ3) is 4.28. The molecule has 1 aromatic heterocycles. The van der Waals surface area contributed by atoms with Gasteiger partial charge in [0.05, 0.1) is 24.3 Å². The topological polar surface area (TPSA) is 54.0 Å². The zero-order valence-corrected chi connectivity index (χ0v) is 10.9. The van der Waals surface area contributed by atoms with E-state index in [0.29, 0.717) is 19.1 Å². The summed E-state index contributed by atoms with van der Waals surface area (Å²) in [6, 6.07) is 0.385. The van der Waals surface area contributed by atoms with Crippen LogP contribution in [0.5, 0.6) is 0 Å². The van der Waals surface area contributed by atoms with E-state index in [1.54, 1.807) is 16.8 Å². The average molecular weight is 241 g/mol. The summed E-state index contributed by atoms with van der Waals surface area (Å²) in [5.74, 6) is 0.0353. The van der Waals surface area contributed by atoms with Crippen LogP contribution in [0.1, 0.15) is 30.8 Å². The van der Waals surface area contributed by atoms with Crippen molar-refractivity contribution in [2.24, 2.45) is 0 Å². The number of aromatic nitrogens is 1. The molecule has 1 heterocycles. The van der Waals surface area contributed by atoms with Gasteiger partial charge in [0.1, 0.15) is 0 Å². The summed E-state index contributed by atoms with van der Waals surface area (Å²) in [6.07, 6.45) is 1.03. The first-order chi connectivity index (χ1) is 7.63. The first-order valence-electron chi connectivity index (χ1n) is 5.52. The van der Waals surface area contributed by atoms with Gasteiger partial charge in [0.2, 0.25) is 5.91 Å². The second-order valence-electron chi connectivity index (χ2n) is 3.83. The minimum absolute atomic E-state index is 0.0353. The molecule has 0 fully saturated rings. The van der Waals surface area contributed by atoms with Gasteiger partial charge in [-0.1, -0.05) is 6.92 Å². The van der Waals surface area contributed by atoms with Gasteiger partial charge in [-0.15, -0.1) is 11.3 Å². The van der Waals surface area contributed by atoms with E-state index < -0.39 is 0 Å². The van der Waals surface area contributed by atoms with Crippen molar-refractivity contribution in [2.45, 2.75) is 39.8 Å². The lowest BCUT2D eigenvalue weighted by atomic mass is 10.2. The standard InChI is InChI=1S/C11H19N3OS/c1-4-8(2)12-6-11(15)13-5-10-9(3)14-7-16-10/h7-8,12H,4-6H2,1-3H3,(H,13,15). The van der Waals surface area contributed by atoms with E-state index in [9.17, 15) is 4.79 Å². The van der Waals surface area contributed by atoms with Gasteiger partial charge in [0.15, 0.2) is 0 Å². The van der Waals surface area contributed by atoms with Gasteiger partial charge in [-0.25, -0.2) is 4.98 Å². The number of carbonyl (C=O) groups excluding carboxylic acids is 1. The lowest BCUT2D eigenvalue weighted by Gasteiger charge is -2.10. The number of hydrogen-bond acceptors (Lipinski definition) is 4. The van der Waals surface area contributed by atoms with Crippen LogP contribution in [-0.2, 0) is 11.3 Å². The lowest BCUT2D eigenvalue weighted by molar-refractivity contribution is -0.120. The van der Waals surface area contributed by atoms with Gasteiger partial charge in [0.25, 0.3) is 0 Å². The van der Waals surface area contributed by atoms with Crippen molar-refractivity contribution in [3.05, 3.63) is 16.1 Å². The van der Waals surface area contributed by atoms with Gasteiger partial charge >= 0.3 is 0 Å². The van der Waals surface area contributed by atoms with Crippen molar-refractivity contribution in [1.82, 2.24) is 15.6 Å². The summed E-state index contributed by atoms with van der Waals surface area (Å²) in [7, 11) is 0. The predicted octanol–water partition coefficient (Wildman–Crippen LogP) is 1.46. The number of amides is 1. The van der Waals surface area contributed by atoms with Gasteiger partial charge < -0.3 is 10.6 Å². The van der Waals surface area contributed by atoms with Crippen LogP contribution < -0.4 is 10.6 Å². The summed E-state index contributed by atoms with van der Waals surface area (Å²) in [5.41, 5.74) is 2.80. The van der Waals surface area contributed by atoms with Gasteiger partial charge in [-0.2, -0.15) is 0 Å². The Kier molecular flexibility index (Phi) is 5.42. The third-order valence-corrected chi connectivity index (χ3v) is 3.45. The second kappa shape index (κ2) is 6.60. The first kappa shape index (κ1) is 13.1. The normalized spacial score (nSPS) is 12.4. The number of aryl methyl sites for hydroxylation is 1. The molecule has 1 rings (SSSR count). The highest BCUT2D eigenvalue weighted by molar-refractivity contribution is 7.09. The maximum atomic E-state index is 11.5. The van der Waals surface area contributed by atoms with Gasteiger partial charge in [-0.3, -0.25) is 4.79 Å². The fourth-order valence-electron chi connectivity index (χ4n) is 1.15. The Morgan fingerprint density at radius 3 is 2.94 bits per heavy atom. The van der Waals surface area contributed by atoms with Crippen LogP contribution in [-0.4, -0.2) is 23.5 Å². The summed E-state index contributed by atoms with van der Waals surface area (Å²) in [5, 5.41) is 6.03. The van der Waals surface area contributed by atoms with E-state index in [0.717, 1.165) is 17.0 Å². The van der Waals surface area contributed by atoms with Crippen LogP contribution in [0, 0.1) is 6.92 Å². The number of nitrogens with one attached hydrogen (secondary N) is 2. The lowest BCUT2D eigenvalue weighted by Crippen LogP contribution is -2.37. The number of rotatable bonds is 6. The van der Waals surface area contributed by atoms with Crippen molar-refractivity contribution in [2.75, 3.05) is 6.54 Å². The molecule has 2 N–H and O–H groups in total. The Balaban J connectivity index is 2.23. The summed E-state index contributed by atoms with van der Waals surface area (Å²) in [4.78, 5) is 16.7. The number of thiazole rings is 1. The minimum atomic E-state index is 0.0353. The van der Waals surface area contributed by atoms with Crippen LogP contribution in [0.3, 0.4) is 0 Å². The van der Waals surface area contributed by atoms with E-state index in [2.05, 4.69) is 29.5 Å². The van der Waals surface area contributed by atoms with E-state index in [-0.39, 0.29) is 5.91 Å². The minimum Gasteiger partial charge on any atom is -0.350 e. The molecule has 1 unspecified atom stereocenters. The zero-order chi connectivity index (χ0) is 12.0.